The van der Waals surface area contributed by atoms with Crippen LogP contribution in [0.15, 0.2) is 29.2 Å². The first-order valence-electron chi connectivity index (χ1n) is 10.0. The Morgan fingerprint density at radius 3 is 2.07 bits per heavy atom. The predicted molar refractivity (Wildman–Crippen MR) is 119 cm³/mol. The number of likely N-dealkylation sites (N-methyl/N-ethyl adjacent to an activating group) is 1. The first kappa shape index (κ1) is 27.4. The zero-order valence-corrected chi connectivity index (χ0v) is 19.8. The van der Waals surface area contributed by atoms with E-state index in [1.165, 1.54) is 56.4 Å². The molecule has 1 atom stereocenters. The van der Waals surface area contributed by atoms with E-state index in [1.54, 1.807) is 12.1 Å². The summed E-state index contributed by atoms with van der Waals surface area (Å²) in [6.45, 7) is 4.93. The molecule has 1 aromatic carbocycles. The number of hydrogen-bond acceptors (Lipinski definition) is 5. The predicted octanol–water partition coefficient (Wildman–Crippen LogP) is 4.05. The molecular weight excluding hydrogens is 394 g/mol. The molecule has 0 fully saturated rings. The van der Waals surface area contributed by atoms with Crippen molar-refractivity contribution in [2.45, 2.75) is 63.4 Å². The van der Waals surface area contributed by atoms with Crippen molar-refractivity contribution in [2.75, 3.05) is 39.2 Å². The third-order valence-electron chi connectivity index (χ3n) is 4.02. The molecule has 164 valence electrons. The van der Waals surface area contributed by atoms with Crippen LogP contribution in [-0.2, 0) is 10.1 Å². The molecule has 1 rings (SSSR count). The van der Waals surface area contributed by atoms with Crippen LogP contribution in [0, 0.1) is 6.92 Å². The van der Waals surface area contributed by atoms with Gasteiger partial charge in [0.1, 0.15) is 22.8 Å². The number of benzene rings is 1. The fourth-order valence-electron chi connectivity index (χ4n) is 2.59. The molecule has 1 unspecified atom stereocenters. The summed E-state index contributed by atoms with van der Waals surface area (Å²) >= 11 is 1.91. The fourth-order valence-corrected chi connectivity index (χ4v) is 4.02. The van der Waals surface area contributed by atoms with Gasteiger partial charge >= 0.3 is 0 Å². The molecule has 0 saturated carbocycles. The average Bonchev–Trinajstić information content (AvgIpc) is 2.56. The van der Waals surface area contributed by atoms with E-state index in [4.69, 9.17) is 0 Å². The summed E-state index contributed by atoms with van der Waals surface area (Å²) in [6, 6.07) is 5.78. The van der Waals surface area contributed by atoms with Gasteiger partial charge < -0.3 is 14.1 Å². The molecule has 0 aliphatic heterocycles. The number of rotatable bonds is 12. The van der Waals surface area contributed by atoms with Crippen molar-refractivity contribution >= 4 is 21.9 Å². The maximum absolute atomic E-state index is 10.4. The maximum atomic E-state index is 10.4. The van der Waals surface area contributed by atoms with Gasteiger partial charge in [-0.3, -0.25) is 0 Å². The van der Waals surface area contributed by atoms with E-state index in [-0.39, 0.29) is 11.0 Å². The van der Waals surface area contributed by atoms with Crippen molar-refractivity contribution in [3.8, 4) is 0 Å². The van der Waals surface area contributed by atoms with Crippen LogP contribution in [-0.4, -0.2) is 67.9 Å². The fraction of sp³-hybridized carbons (Fsp3) is 0.714. The van der Waals surface area contributed by atoms with Gasteiger partial charge in [-0.2, -0.15) is 11.8 Å². The number of hydrogen-bond donors (Lipinski definition) is 1. The lowest BCUT2D eigenvalue weighted by Gasteiger charge is -2.26. The van der Waals surface area contributed by atoms with Crippen LogP contribution in [0.4, 0.5) is 0 Å². The van der Waals surface area contributed by atoms with Crippen LogP contribution in [0.5, 0.6) is 0 Å². The van der Waals surface area contributed by atoms with Gasteiger partial charge in [0.15, 0.2) is 0 Å². The van der Waals surface area contributed by atoms with E-state index in [9.17, 15) is 18.1 Å². The summed E-state index contributed by atoms with van der Waals surface area (Å²) in [5.41, 5.74) is 0.928. The van der Waals surface area contributed by atoms with Gasteiger partial charge in [-0.15, -0.1) is 0 Å². The summed E-state index contributed by atoms with van der Waals surface area (Å²) in [7, 11) is 2.11. The Kier molecular flexibility index (Phi) is 14.1. The number of aryl methyl sites for hydroxylation is 1. The monoisotopic (exact) mass is 433 g/mol. The Hall–Kier alpha value is -0.600. The first-order chi connectivity index (χ1) is 13.0. The molecule has 7 heteroatoms. The smallest absolute Gasteiger partial charge is 0.124 e. The highest BCUT2D eigenvalue weighted by Crippen LogP contribution is 2.11. The average molecular weight is 434 g/mol. The van der Waals surface area contributed by atoms with Crippen molar-refractivity contribution in [3.05, 3.63) is 29.8 Å². The van der Waals surface area contributed by atoms with E-state index in [2.05, 4.69) is 28.1 Å². The van der Waals surface area contributed by atoms with Crippen molar-refractivity contribution in [2.24, 2.45) is 0 Å². The van der Waals surface area contributed by atoms with E-state index in [0.29, 0.717) is 0 Å². The van der Waals surface area contributed by atoms with Gasteiger partial charge in [-0.05, 0) is 31.2 Å². The van der Waals surface area contributed by atoms with Crippen molar-refractivity contribution in [3.63, 3.8) is 0 Å². The summed E-state index contributed by atoms with van der Waals surface area (Å²) in [5.74, 6) is 2.10. The number of quaternary nitrogens is 1. The van der Waals surface area contributed by atoms with Gasteiger partial charge in [0.25, 0.3) is 0 Å². The van der Waals surface area contributed by atoms with Crippen molar-refractivity contribution in [1.82, 2.24) is 0 Å². The molecule has 1 N–H and O–H groups in total. The summed E-state index contributed by atoms with van der Waals surface area (Å²) in [6.07, 6.45) is 8.01. The number of thioether (sulfide) groups is 1. The molecule has 0 spiro atoms. The second-order valence-electron chi connectivity index (χ2n) is 8.24. The van der Waals surface area contributed by atoms with Crippen LogP contribution < -0.4 is 0 Å². The molecule has 1 aromatic rings. The van der Waals surface area contributed by atoms with Gasteiger partial charge in [0.2, 0.25) is 0 Å². The van der Waals surface area contributed by atoms with E-state index in [1.807, 2.05) is 18.7 Å². The minimum atomic E-state index is -4.27. The molecule has 0 aliphatic carbocycles. The summed E-state index contributed by atoms with van der Waals surface area (Å²) in [5, 5.41) is 9.82. The van der Waals surface area contributed by atoms with Crippen LogP contribution in [0.3, 0.4) is 0 Å². The second-order valence-corrected chi connectivity index (χ2v) is 10.8. The number of aliphatic hydroxyl groups is 1. The Morgan fingerprint density at radius 1 is 1.04 bits per heavy atom. The molecule has 0 radical (unpaired) electrons. The minimum Gasteiger partial charge on any atom is -0.744 e. The molecule has 0 aromatic heterocycles. The Morgan fingerprint density at radius 2 is 1.57 bits per heavy atom. The first-order valence-corrected chi connectivity index (χ1v) is 12.6. The lowest BCUT2D eigenvalue weighted by Crippen LogP contribution is -2.42. The van der Waals surface area contributed by atoms with Crippen molar-refractivity contribution < 1.29 is 22.6 Å². The molecule has 5 nitrogen and oxygen atoms in total. The van der Waals surface area contributed by atoms with Crippen molar-refractivity contribution in [1.29, 1.82) is 0 Å². The van der Waals surface area contributed by atoms with Gasteiger partial charge in [-0.25, -0.2) is 8.42 Å². The van der Waals surface area contributed by atoms with Crippen LogP contribution in [0.1, 0.15) is 51.0 Å². The largest absolute Gasteiger partial charge is 0.744 e. The Balaban J connectivity index is 0.000000567. The summed E-state index contributed by atoms with van der Waals surface area (Å²) in [4.78, 5) is -0.178. The Bertz CT molecular complexity index is 610. The molecule has 0 heterocycles. The molecule has 0 amide bonds. The molecule has 0 aliphatic rings. The zero-order valence-electron chi connectivity index (χ0n) is 18.2. The summed E-state index contributed by atoms with van der Waals surface area (Å²) < 4.78 is 32.0. The highest BCUT2D eigenvalue weighted by atomic mass is 32.2. The van der Waals surface area contributed by atoms with Gasteiger partial charge in [0, 0.05) is 5.75 Å². The topological polar surface area (TPSA) is 77.4 Å². The lowest BCUT2D eigenvalue weighted by molar-refractivity contribution is -0.873. The van der Waals surface area contributed by atoms with Gasteiger partial charge in [-0.1, -0.05) is 56.7 Å². The number of unbranched alkanes of at least 4 members (excludes halogenated alkanes) is 5. The minimum absolute atomic E-state index is 0.153. The Labute approximate surface area is 176 Å². The number of nitrogens with zero attached hydrogens (tertiary/aromatic N) is 1. The van der Waals surface area contributed by atoms with Crippen LogP contribution >= 0.6 is 11.8 Å². The quantitative estimate of drug-likeness (QED) is 0.306. The number of aliphatic hydroxyl groups excluding tert-OH is 1. The van der Waals surface area contributed by atoms with Gasteiger partial charge in [0.05, 0.1) is 26.0 Å². The molecule has 0 saturated heterocycles. The maximum Gasteiger partial charge on any atom is 0.124 e. The normalized spacial score (nSPS) is 13.0. The zero-order chi connectivity index (χ0) is 21.6. The highest BCUT2D eigenvalue weighted by molar-refractivity contribution is 7.99. The molecule has 0 bridgehead atoms. The third-order valence-corrected chi connectivity index (χ3v) is 6.07. The van der Waals surface area contributed by atoms with Crippen LogP contribution in [0.25, 0.3) is 0 Å². The van der Waals surface area contributed by atoms with E-state index >= 15 is 0 Å². The lowest BCUT2D eigenvalue weighted by atomic mass is 10.1. The third kappa shape index (κ3) is 16.4. The van der Waals surface area contributed by atoms with E-state index in [0.717, 1.165) is 22.3 Å². The van der Waals surface area contributed by atoms with E-state index < -0.39 is 10.1 Å². The second kappa shape index (κ2) is 14.4. The molecular formula is C21H39NO4S2. The standard InChI is InChI=1S/C14H32NOS.C7H8O3S/c1-5-6-7-8-9-10-11-17-13-14(16)12-15(2,3)4;1-6-2-4-7(5-3-6)11(8,9)10/h14,16H,5-13H2,1-4H3;2-5H,1H3,(H,8,9,10)/q+1;/p-1. The SMILES string of the molecule is CCCCCCCCSCC(O)C[N+](C)(C)C.Cc1ccc(S(=O)(=O)[O-])cc1. The molecule has 28 heavy (non-hydrogen) atoms. The highest BCUT2D eigenvalue weighted by Gasteiger charge is 2.14. The van der Waals surface area contributed by atoms with Crippen LogP contribution in [0.2, 0.25) is 0 Å².